The molecule has 3 nitrogen and oxygen atoms in total. The first-order valence-electron chi connectivity index (χ1n) is 7.23. The van der Waals surface area contributed by atoms with Gasteiger partial charge in [0.1, 0.15) is 17.4 Å². The lowest BCUT2D eigenvalue weighted by molar-refractivity contribution is 0.0335. The zero-order valence-electron chi connectivity index (χ0n) is 12.5. The minimum Gasteiger partial charge on any atom is -0.507 e. The Morgan fingerprint density at radius 2 is 1.65 bits per heavy atom. The summed E-state index contributed by atoms with van der Waals surface area (Å²) in [5, 5.41) is 12.4. The maximum atomic E-state index is 12.4. The Kier molecular flexibility index (Phi) is 4.22. The molecule has 0 amide bonds. The van der Waals surface area contributed by atoms with Crippen molar-refractivity contribution in [2.75, 3.05) is 0 Å². The van der Waals surface area contributed by atoms with Crippen molar-refractivity contribution in [3.63, 3.8) is 0 Å². The maximum absolute atomic E-state index is 12.4. The van der Waals surface area contributed by atoms with Gasteiger partial charge in [-0.05, 0) is 35.9 Å². The average molecular weight is 327 g/mol. The van der Waals surface area contributed by atoms with Crippen LogP contribution >= 0.6 is 11.6 Å². The zero-order valence-corrected chi connectivity index (χ0v) is 13.2. The summed E-state index contributed by atoms with van der Waals surface area (Å²) >= 11 is 6.12. The van der Waals surface area contributed by atoms with E-state index < -0.39 is 12.1 Å². The molecule has 3 rings (SSSR count). The third kappa shape index (κ3) is 3.15. The van der Waals surface area contributed by atoms with Gasteiger partial charge < -0.3 is 9.84 Å². The fraction of sp³-hybridized carbons (Fsp3) is 0.105. The van der Waals surface area contributed by atoms with E-state index in [2.05, 4.69) is 0 Å². The molecule has 0 fully saturated rings. The third-order valence-corrected chi connectivity index (χ3v) is 4.06. The Morgan fingerprint density at radius 3 is 2.35 bits per heavy atom. The van der Waals surface area contributed by atoms with Crippen molar-refractivity contribution in [3.8, 4) is 5.75 Å². The van der Waals surface area contributed by atoms with Crippen LogP contribution in [0.4, 0.5) is 0 Å². The number of fused-ring (bicyclic) bond motifs is 1. The highest BCUT2D eigenvalue weighted by Crippen LogP contribution is 2.29. The SMILES string of the molecule is C[C@@H](OC(=O)c1cc2ccccc2cc1O)c1ccccc1Cl. The number of ether oxygens (including phenoxy) is 1. The predicted octanol–water partition coefficient (Wildman–Crippen LogP) is 5.12. The summed E-state index contributed by atoms with van der Waals surface area (Å²) in [6, 6.07) is 17.9. The largest absolute Gasteiger partial charge is 0.507 e. The Balaban J connectivity index is 1.89. The summed E-state index contributed by atoms with van der Waals surface area (Å²) in [7, 11) is 0. The summed E-state index contributed by atoms with van der Waals surface area (Å²) in [4.78, 5) is 12.4. The van der Waals surface area contributed by atoms with E-state index >= 15 is 0 Å². The topological polar surface area (TPSA) is 46.5 Å². The lowest BCUT2D eigenvalue weighted by atomic mass is 10.1. The normalized spacial score (nSPS) is 12.1. The molecule has 1 N–H and O–H groups in total. The minimum atomic E-state index is -0.583. The molecule has 0 aliphatic heterocycles. The van der Waals surface area contributed by atoms with Crippen LogP contribution in [0.25, 0.3) is 10.8 Å². The Labute approximate surface area is 139 Å². The fourth-order valence-electron chi connectivity index (χ4n) is 2.48. The number of esters is 1. The van der Waals surface area contributed by atoms with Crippen LogP contribution < -0.4 is 0 Å². The lowest BCUT2D eigenvalue weighted by Crippen LogP contribution is -2.10. The van der Waals surface area contributed by atoms with Crippen LogP contribution in [0.3, 0.4) is 0 Å². The quantitative estimate of drug-likeness (QED) is 0.680. The molecule has 0 radical (unpaired) electrons. The van der Waals surface area contributed by atoms with E-state index in [0.29, 0.717) is 5.02 Å². The lowest BCUT2D eigenvalue weighted by Gasteiger charge is -2.15. The number of carbonyl (C=O) groups is 1. The number of carbonyl (C=O) groups excluding carboxylic acids is 1. The van der Waals surface area contributed by atoms with Gasteiger partial charge in [-0.3, -0.25) is 0 Å². The number of benzene rings is 3. The van der Waals surface area contributed by atoms with Gasteiger partial charge in [-0.15, -0.1) is 0 Å². The third-order valence-electron chi connectivity index (χ3n) is 3.71. The summed E-state index contributed by atoms with van der Waals surface area (Å²) in [6.45, 7) is 1.75. The molecule has 3 aromatic rings. The average Bonchev–Trinajstić information content (AvgIpc) is 2.54. The molecule has 4 heteroatoms. The number of phenols is 1. The summed E-state index contributed by atoms with van der Waals surface area (Å²) in [5.74, 6) is -0.680. The number of halogens is 1. The highest BCUT2D eigenvalue weighted by atomic mass is 35.5. The number of aromatic hydroxyl groups is 1. The summed E-state index contributed by atoms with van der Waals surface area (Å²) in [6.07, 6.45) is -0.512. The number of hydrogen-bond acceptors (Lipinski definition) is 3. The second-order valence-electron chi connectivity index (χ2n) is 5.29. The van der Waals surface area contributed by atoms with E-state index in [-0.39, 0.29) is 11.3 Å². The first-order valence-corrected chi connectivity index (χ1v) is 7.61. The monoisotopic (exact) mass is 326 g/mol. The number of rotatable bonds is 3. The van der Waals surface area contributed by atoms with E-state index in [9.17, 15) is 9.90 Å². The molecule has 0 aliphatic carbocycles. The van der Waals surface area contributed by atoms with Crippen LogP contribution in [0.15, 0.2) is 60.7 Å². The Morgan fingerprint density at radius 1 is 1.04 bits per heavy atom. The molecule has 0 heterocycles. The standard InChI is InChI=1S/C19H15ClO3/c1-12(15-8-4-5-9-17(15)20)23-19(22)16-10-13-6-2-3-7-14(13)11-18(16)21/h2-12,21H,1H3/t12-/m1/s1. The molecule has 0 spiro atoms. The van der Waals surface area contributed by atoms with Crippen molar-refractivity contribution in [2.45, 2.75) is 13.0 Å². The molecule has 0 saturated heterocycles. The molecular weight excluding hydrogens is 312 g/mol. The van der Waals surface area contributed by atoms with Crippen LogP contribution in [0.5, 0.6) is 5.75 Å². The van der Waals surface area contributed by atoms with E-state index in [0.717, 1.165) is 16.3 Å². The summed E-state index contributed by atoms with van der Waals surface area (Å²) < 4.78 is 5.45. The van der Waals surface area contributed by atoms with Crippen molar-refractivity contribution < 1.29 is 14.6 Å². The van der Waals surface area contributed by atoms with Crippen molar-refractivity contribution >= 4 is 28.3 Å². The Hall–Kier alpha value is -2.52. The van der Waals surface area contributed by atoms with E-state index in [1.165, 1.54) is 0 Å². The van der Waals surface area contributed by atoms with Crippen LogP contribution in [0, 0.1) is 0 Å². The van der Waals surface area contributed by atoms with E-state index in [1.54, 1.807) is 31.2 Å². The number of hydrogen-bond donors (Lipinski definition) is 1. The molecule has 0 saturated carbocycles. The fourth-order valence-corrected chi connectivity index (χ4v) is 2.77. The molecule has 23 heavy (non-hydrogen) atoms. The maximum Gasteiger partial charge on any atom is 0.342 e. The van der Waals surface area contributed by atoms with Gasteiger partial charge in [0.2, 0.25) is 0 Å². The first-order chi connectivity index (χ1) is 11.1. The van der Waals surface area contributed by atoms with Crippen molar-refractivity contribution in [2.24, 2.45) is 0 Å². The molecule has 0 bridgehead atoms. The van der Waals surface area contributed by atoms with Gasteiger partial charge in [0, 0.05) is 10.6 Å². The molecule has 1 atom stereocenters. The highest BCUT2D eigenvalue weighted by molar-refractivity contribution is 6.31. The van der Waals surface area contributed by atoms with Crippen LogP contribution in [0.2, 0.25) is 5.02 Å². The van der Waals surface area contributed by atoms with Gasteiger partial charge in [-0.2, -0.15) is 0 Å². The smallest absolute Gasteiger partial charge is 0.342 e. The minimum absolute atomic E-state index is 0.0972. The van der Waals surface area contributed by atoms with Crippen molar-refractivity contribution in [1.82, 2.24) is 0 Å². The van der Waals surface area contributed by atoms with Crippen LogP contribution in [-0.4, -0.2) is 11.1 Å². The van der Waals surface area contributed by atoms with Gasteiger partial charge in [0.25, 0.3) is 0 Å². The second kappa shape index (κ2) is 6.31. The second-order valence-corrected chi connectivity index (χ2v) is 5.69. The van der Waals surface area contributed by atoms with Gasteiger partial charge in [-0.25, -0.2) is 4.79 Å². The molecule has 0 aliphatic rings. The van der Waals surface area contributed by atoms with Crippen molar-refractivity contribution in [1.29, 1.82) is 0 Å². The zero-order chi connectivity index (χ0) is 16.4. The predicted molar refractivity (Wildman–Crippen MR) is 90.9 cm³/mol. The molecule has 3 aromatic carbocycles. The van der Waals surface area contributed by atoms with Crippen LogP contribution in [-0.2, 0) is 4.74 Å². The Bertz CT molecular complexity index is 873. The number of phenolic OH excluding ortho intramolecular Hbond substituents is 1. The van der Waals surface area contributed by atoms with E-state index in [4.69, 9.17) is 16.3 Å². The molecule has 116 valence electrons. The highest BCUT2D eigenvalue weighted by Gasteiger charge is 2.19. The molecule has 0 unspecified atom stereocenters. The van der Waals surface area contributed by atoms with Gasteiger partial charge in [0.05, 0.1) is 0 Å². The van der Waals surface area contributed by atoms with Gasteiger partial charge >= 0.3 is 5.97 Å². The van der Waals surface area contributed by atoms with Gasteiger partial charge in [0.15, 0.2) is 0 Å². The molecular formula is C19H15ClO3. The molecule has 0 aromatic heterocycles. The van der Waals surface area contributed by atoms with Crippen LogP contribution in [0.1, 0.15) is 28.9 Å². The van der Waals surface area contributed by atoms with Gasteiger partial charge in [-0.1, -0.05) is 54.1 Å². The summed E-state index contributed by atoms with van der Waals surface area (Å²) in [5.41, 5.74) is 0.866. The van der Waals surface area contributed by atoms with Crippen molar-refractivity contribution in [3.05, 3.63) is 76.8 Å². The van der Waals surface area contributed by atoms with E-state index in [1.807, 2.05) is 36.4 Å². The first kappa shape index (κ1) is 15.4.